The Labute approximate surface area is 486 Å². The van der Waals surface area contributed by atoms with E-state index in [-0.39, 0.29) is 69.0 Å². The quantitative estimate of drug-likeness (QED) is 0.0536. The number of nitrogens with zero attached hydrogens (tertiary/aromatic N) is 8. The normalized spacial score (nSPS) is 13.4. The number of amides is 1. The van der Waals surface area contributed by atoms with Crippen LogP contribution in [0.4, 0.5) is 17.6 Å². The van der Waals surface area contributed by atoms with Crippen LogP contribution in [-0.4, -0.2) is 103 Å². The minimum Gasteiger partial charge on any atom is -0.347 e. The zero-order valence-electron chi connectivity index (χ0n) is 49.5. The molecule has 0 aliphatic rings. The van der Waals surface area contributed by atoms with Gasteiger partial charge in [-0.15, -0.1) is 0 Å². The summed E-state index contributed by atoms with van der Waals surface area (Å²) in [6.45, 7) is 17.7. The first kappa shape index (κ1) is 68.1. The molecular weight excluding hydrogens is 1070 g/mol. The van der Waals surface area contributed by atoms with Crippen LogP contribution in [0.15, 0.2) is 107 Å². The number of ketones is 3. The van der Waals surface area contributed by atoms with Gasteiger partial charge in [0.2, 0.25) is 5.91 Å². The van der Waals surface area contributed by atoms with Crippen LogP contribution < -0.4 is 16.4 Å². The number of Topliss-reactive ketones (excluding diaryl/α,β-unsaturated/α-hetero) is 3. The predicted octanol–water partition coefficient (Wildman–Crippen LogP) is 11.8. The number of pyridine rings is 2. The van der Waals surface area contributed by atoms with Gasteiger partial charge in [0.05, 0.1) is 42.4 Å². The molecule has 1 unspecified atom stereocenters. The van der Waals surface area contributed by atoms with Gasteiger partial charge in [-0.25, -0.2) is 4.39 Å². The highest BCUT2D eigenvalue weighted by molar-refractivity contribution is 5.85. The fourth-order valence-electron chi connectivity index (χ4n) is 10.3. The molecule has 6 rings (SSSR count). The minimum absolute atomic E-state index is 0. The molecule has 0 saturated carbocycles. The van der Waals surface area contributed by atoms with Crippen LogP contribution in [0, 0.1) is 39.5 Å². The van der Waals surface area contributed by atoms with Gasteiger partial charge in [-0.3, -0.25) is 28.9 Å². The largest absolute Gasteiger partial charge is 0.401 e. The third kappa shape index (κ3) is 20.2. The number of hydrogen-bond acceptors (Lipinski definition) is 12. The number of carbonyl (C=O) groups is 4. The predicted molar refractivity (Wildman–Crippen MR) is 318 cm³/mol. The summed E-state index contributed by atoms with van der Waals surface area (Å²) in [5, 5.41) is 20.0. The monoisotopic (exact) mass is 1150 g/mol. The fourth-order valence-corrected chi connectivity index (χ4v) is 10.3. The van der Waals surface area contributed by atoms with Crippen molar-refractivity contribution in [2.24, 2.45) is 11.8 Å². The molecule has 0 spiro atoms. The minimum atomic E-state index is -4.37. The Kier molecular flexibility index (Phi) is 25.3. The van der Waals surface area contributed by atoms with Crippen molar-refractivity contribution in [3.63, 3.8) is 0 Å². The van der Waals surface area contributed by atoms with Crippen LogP contribution in [0.25, 0.3) is 22.5 Å². The SMILES string of the molecule is C.CC(=O)C[C@H](CC(=O)[C@H](CC(C)C)n1ccc(C(F)CN(C)C)cc1=O)c1cnnc(-c2c(C)cccc2C)c1.CC(=O)C[C@H](NC(=O)[C@H](CC(C)C)n1cc(CN(C)CC(F)(F)F)ccc1=O)c1cnnc(-c2c(C)cccc2C)c1. The molecule has 0 saturated heterocycles. The second-order valence-corrected chi connectivity index (χ2v) is 22.8. The van der Waals surface area contributed by atoms with E-state index in [2.05, 4.69) is 25.7 Å². The third-order valence-electron chi connectivity index (χ3n) is 14.0. The highest BCUT2D eigenvalue weighted by Gasteiger charge is 2.32. The van der Waals surface area contributed by atoms with Gasteiger partial charge >= 0.3 is 6.18 Å². The van der Waals surface area contributed by atoms with E-state index >= 15 is 0 Å². The standard InChI is InChI=1S/C32H41FN4O3.C31H38F3N5O3.CH4/c1-20(2)13-29(37-12-11-24(17-31(37)40)27(33)19-36(6)7)30(39)16-25(14-23(5)38)26-15-28(35-34-18-26)32-21(3)9-8-10-22(32)4;1-19(2)12-27(39-17-23(10-11-28(39)41)16-38(6)18-31(32,33)34)30(42)36-25(13-22(5)40)24-14-26(37-35-15-24)29-20(3)8-7-9-21(29)4;/h8-12,15,17-18,20,25,27,29H,13-14,16,19H2,1-7H3;7-11,14-15,17,19,25,27H,12-13,16,18H2,1-6H3,(H,36,42);1H4/t25-,27?,29+;25-,27-;/m10./s1. The van der Waals surface area contributed by atoms with E-state index in [9.17, 15) is 46.3 Å². The second kappa shape index (κ2) is 30.8. The number of alkyl halides is 4. The van der Waals surface area contributed by atoms with Crippen molar-refractivity contribution in [2.45, 2.75) is 152 Å². The molecule has 0 aliphatic heterocycles. The summed E-state index contributed by atoms with van der Waals surface area (Å²) in [5.41, 5.74) is 8.56. The Morgan fingerprint density at radius 2 is 1.17 bits per heavy atom. The summed E-state index contributed by atoms with van der Waals surface area (Å²) in [6, 6.07) is 18.8. The molecule has 0 bridgehead atoms. The number of likely N-dealkylation sites (N-methyl/N-ethyl adjacent to an activating group) is 1. The van der Waals surface area contributed by atoms with Gasteiger partial charge < -0.3 is 24.1 Å². The summed E-state index contributed by atoms with van der Waals surface area (Å²) < 4.78 is 55.9. The maximum atomic E-state index is 14.7. The summed E-state index contributed by atoms with van der Waals surface area (Å²) in [6.07, 6.45) is 1.38. The Balaban J connectivity index is 0.000000353. The summed E-state index contributed by atoms with van der Waals surface area (Å²) in [5.74, 6) is -1.10. The van der Waals surface area contributed by atoms with E-state index < -0.39 is 60.0 Å². The van der Waals surface area contributed by atoms with Crippen LogP contribution in [0.3, 0.4) is 0 Å². The summed E-state index contributed by atoms with van der Waals surface area (Å²) in [4.78, 5) is 81.0. The highest BCUT2D eigenvalue weighted by Crippen LogP contribution is 2.33. The maximum Gasteiger partial charge on any atom is 0.401 e. The van der Waals surface area contributed by atoms with E-state index in [1.54, 1.807) is 37.3 Å². The van der Waals surface area contributed by atoms with E-state index in [0.29, 0.717) is 40.9 Å². The number of halogens is 4. The van der Waals surface area contributed by atoms with Gasteiger partial charge in [0.15, 0.2) is 5.78 Å². The number of nitrogens with one attached hydrogen (secondary N) is 1. The molecule has 0 fully saturated rings. The zero-order chi connectivity index (χ0) is 60.7. The molecule has 5 atom stereocenters. The molecule has 83 heavy (non-hydrogen) atoms. The van der Waals surface area contributed by atoms with Crippen molar-refractivity contribution < 1.29 is 36.7 Å². The lowest BCUT2D eigenvalue weighted by Crippen LogP contribution is -2.40. The van der Waals surface area contributed by atoms with Crippen LogP contribution in [0.1, 0.15) is 156 Å². The molecule has 15 nitrogen and oxygen atoms in total. The number of aryl methyl sites for hydroxylation is 4. The molecule has 4 heterocycles. The topological polar surface area (TPSA) is 182 Å². The molecule has 0 radical (unpaired) electrons. The van der Waals surface area contributed by atoms with Gasteiger partial charge in [0, 0.05) is 68.0 Å². The van der Waals surface area contributed by atoms with Crippen molar-refractivity contribution in [3.05, 3.63) is 163 Å². The van der Waals surface area contributed by atoms with E-state index in [1.807, 2.05) is 97.9 Å². The van der Waals surface area contributed by atoms with Crippen LogP contribution >= 0.6 is 0 Å². The highest BCUT2D eigenvalue weighted by atomic mass is 19.4. The van der Waals surface area contributed by atoms with Gasteiger partial charge in [-0.2, -0.15) is 33.6 Å². The number of rotatable bonds is 25. The van der Waals surface area contributed by atoms with Crippen molar-refractivity contribution >= 4 is 23.3 Å². The lowest BCUT2D eigenvalue weighted by Gasteiger charge is -2.26. The Morgan fingerprint density at radius 3 is 1.66 bits per heavy atom. The molecular formula is C64H83F4N9O6. The lowest BCUT2D eigenvalue weighted by molar-refractivity contribution is -0.144. The molecule has 19 heteroatoms. The fraction of sp³-hybridized carbons (Fsp3) is 0.469. The number of carbonyl (C=O) groups excluding carboxylic acids is 4. The first-order valence-electron chi connectivity index (χ1n) is 27.6. The average molecular weight is 1150 g/mol. The molecule has 2 aromatic carbocycles. The third-order valence-corrected chi connectivity index (χ3v) is 14.0. The Bertz CT molecular complexity index is 3260. The molecule has 6 aromatic rings. The number of benzene rings is 2. The molecule has 448 valence electrons. The van der Waals surface area contributed by atoms with Crippen molar-refractivity contribution in [1.29, 1.82) is 0 Å². The lowest BCUT2D eigenvalue weighted by atomic mass is 9.86. The summed E-state index contributed by atoms with van der Waals surface area (Å²) >= 11 is 0. The zero-order valence-corrected chi connectivity index (χ0v) is 49.5. The molecule has 4 aromatic heterocycles. The van der Waals surface area contributed by atoms with Gasteiger partial charge in [-0.05, 0) is 156 Å². The Hall–Kier alpha value is -7.38. The number of aromatic nitrogens is 6. The van der Waals surface area contributed by atoms with Gasteiger partial charge in [0.1, 0.15) is 23.8 Å². The molecule has 0 aliphatic carbocycles. The second-order valence-electron chi connectivity index (χ2n) is 22.8. The van der Waals surface area contributed by atoms with Gasteiger partial charge in [0.25, 0.3) is 11.1 Å². The van der Waals surface area contributed by atoms with Crippen molar-refractivity contribution in [2.75, 3.05) is 34.2 Å². The summed E-state index contributed by atoms with van der Waals surface area (Å²) in [7, 11) is 4.88. The average Bonchev–Trinajstić information content (AvgIpc) is 3.43. The van der Waals surface area contributed by atoms with E-state index in [1.165, 1.54) is 66.8 Å². The first-order valence-corrected chi connectivity index (χ1v) is 27.6. The van der Waals surface area contributed by atoms with Crippen molar-refractivity contribution in [1.82, 2.24) is 44.6 Å². The van der Waals surface area contributed by atoms with E-state index in [0.717, 1.165) is 43.8 Å². The van der Waals surface area contributed by atoms with Crippen LogP contribution in [-0.2, 0) is 25.7 Å². The van der Waals surface area contributed by atoms with Gasteiger partial charge in [-0.1, -0.05) is 77.6 Å². The van der Waals surface area contributed by atoms with E-state index in [4.69, 9.17) is 0 Å². The molecule has 1 amide bonds. The van der Waals surface area contributed by atoms with Crippen molar-refractivity contribution in [3.8, 4) is 22.5 Å². The smallest absolute Gasteiger partial charge is 0.347 e. The van der Waals surface area contributed by atoms with Crippen LogP contribution in [0.5, 0.6) is 0 Å². The Morgan fingerprint density at radius 1 is 0.651 bits per heavy atom. The maximum absolute atomic E-state index is 14.7. The molecule has 1 N–H and O–H groups in total. The first-order chi connectivity index (χ1) is 38.5. The van der Waals surface area contributed by atoms with Crippen LogP contribution in [0.2, 0.25) is 0 Å². The number of hydrogen-bond donors (Lipinski definition) is 1.